The van der Waals surface area contributed by atoms with Gasteiger partial charge in [0.25, 0.3) is 0 Å². The summed E-state index contributed by atoms with van der Waals surface area (Å²) >= 11 is 0. The lowest BCUT2D eigenvalue weighted by Crippen LogP contribution is -2.33. The topological polar surface area (TPSA) is 41.5 Å². The zero-order valence-corrected chi connectivity index (χ0v) is 6.98. The van der Waals surface area contributed by atoms with Crippen LogP contribution in [0.2, 0.25) is 0 Å². The first-order chi connectivity index (χ1) is 4.62. The maximum absolute atomic E-state index is 9.48. The van der Waals surface area contributed by atoms with Crippen LogP contribution < -0.4 is 5.32 Å². The highest BCUT2D eigenvalue weighted by Gasteiger charge is 2.18. The van der Waals surface area contributed by atoms with Crippen molar-refractivity contribution in [1.82, 2.24) is 5.32 Å². The van der Waals surface area contributed by atoms with Gasteiger partial charge in [0.05, 0.1) is 12.2 Å². The Morgan fingerprint density at radius 1 is 1.60 bits per heavy atom. The van der Waals surface area contributed by atoms with Gasteiger partial charge in [-0.05, 0) is 26.9 Å². The second kappa shape index (κ2) is 4.66. The summed E-state index contributed by atoms with van der Waals surface area (Å²) < 4.78 is 4.83. The van der Waals surface area contributed by atoms with Gasteiger partial charge in [-0.25, -0.2) is 0 Å². The molecule has 0 fully saturated rings. The highest BCUT2D eigenvalue weighted by Crippen LogP contribution is 2.07. The maximum Gasteiger partial charge on any atom is 0.0864 e. The molecule has 0 saturated heterocycles. The third-order valence-electron chi connectivity index (χ3n) is 1.37. The Bertz CT molecular complexity index is 83.7. The fourth-order valence-electron chi connectivity index (χ4n) is 0.777. The van der Waals surface area contributed by atoms with Crippen LogP contribution in [0.5, 0.6) is 0 Å². The molecule has 0 aliphatic rings. The summed E-state index contributed by atoms with van der Waals surface area (Å²) in [6.07, 6.45) is 0.720. The van der Waals surface area contributed by atoms with Crippen molar-refractivity contribution in [2.24, 2.45) is 0 Å². The molecule has 0 spiro atoms. The summed E-state index contributed by atoms with van der Waals surface area (Å²) in [5.41, 5.74) is -0.683. The number of methoxy groups -OCH3 is 1. The number of hydrogen-bond acceptors (Lipinski definition) is 3. The average molecular weight is 147 g/mol. The lowest BCUT2D eigenvalue weighted by molar-refractivity contribution is -0.0218. The van der Waals surface area contributed by atoms with E-state index in [1.807, 2.05) is 7.05 Å². The van der Waals surface area contributed by atoms with Crippen LogP contribution in [-0.4, -0.2) is 38.0 Å². The van der Waals surface area contributed by atoms with Crippen LogP contribution >= 0.6 is 0 Å². The Morgan fingerprint density at radius 2 is 2.20 bits per heavy atom. The number of rotatable bonds is 5. The van der Waals surface area contributed by atoms with Gasteiger partial charge >= 0.3 is 0 Å². The predicted octanol–water partition coefficient (Wildman–Crippen LogP) is -0.00670. The van der Waals surface area contributed by atoms with Crippen LogP contribution in [0.1, 0.15) is 13.3 Å². The molecule has 0 aromatic heterocycles. The molecule has 3 heteroatoms. The molecule has 10 heavy (non-hydrogen) atoms. The Labute approximate surface area is 62.4 Å². The molecule has 0 aliphatic carbocycles. The van der Waals surface area contributed by atoms with Gasteiger partial charge in [0.1, 0.15) is 0 Å². The molecule has 1 atom stereocenters. The highest BCUT2D eigenvalue weighted by molar-refractivity contribution is 4.71. The minimum absolute atomic E-state index is 0.397. The van der Waals surface area contributed by atoms with Crippen LogP contribution in [0.25, 0.3) is 0 Å². The van der Waals surface area contributed by atoms with Gasteiger partial charge in [0, 0.05) is 7.11 Å². The van der Waals surface area contributed by atoms with Gasteiger partial charge in [-0.1, -0.05) is 0 Å². The standard InChI is InChI=1S/C7H17NO2/c1-7(9,6-10-3)4-5-8-2/h8-9H,4-6H2,1-3H3. The predicted molar refractivity (Wildman–Crippen MR) is 41.0 cm³/mol. The van der Waals surface area contributed by atoms with Gasteiger partial charge < -0.3 is 15.2 Å². The Kier molecular flexibility index (Phi) is 4.60. The van der Waals surface area contributed by atoms with Crippen LogP contribution in [0.3, 0.4) is 0 Å². The summed E-state index contributed by atoms with van der Waals surface area (Å²) in [5.74, 6) is 0. The van der Waals surface area contributed by atoms with Crippen molar-refractivity contribution in [3.8, 4) is 0 Å². The van der Waals surface area contributed by atoms with Gasteiger partial charge in [0.2, 0.25) is 0 Å². The fraction of sp³-hybridized carbons (Fsp3) is 1.00. The van der Waals surface area contributed by atoms with Crippen LogP contribution in [-0.2, 0) is 4.74 Å². The van der Waals surface area contributed by atoms with E-state index >= 15 is 0 Å². The highest BCUT2D eigenvalue weighted by atomic mass is 16.5. The van der Waals surface area contributed by atoms with Crippen molar-refractivity contribution in [2.45, 2.75) is 18.9 Å². The molecule has 2 N–H and O–H groups in total. The minimum Gasteiger partial charge on any atom is -0.388 e. The number of aliphatic hydroxyl groups is 1. The van der Waals surface area contributed by atoms with E-state index in [0.717, 1.165) is 13.0 Å². The van der Waals surface area contributed by atoms with Crippen molar-refractivity contribution in [2.75, 3.05) is 27.3 Å². The first-order valence-corrected chi connectivity index (χ1v) is 3.48. The number of nitrogens with one attached hydrogen (secondary N) is 1. The molecule has 0 aliphatic heterocycles. The van der Waals surface area contributed by atoms with Crippen molar-refractivity contribution in [1.29, 1.82) is 0 Å². The molecule has 62 valence electrons. The Hall–Kier alpha value is -0.120. The van der Waals surface area contributed by atoms with Crippen molar-refractivity contribution in [3.05, 3.63) is 0 Å². The van der Waals surface area contributed by atoms with Crippen molar-refractivity contribution >= 4 is 0 Å². The summed E-state index contributed by atoms with van der Waals surface area (Å²) in [4.78, 5) is 0. The van der Waals surface area contributed by atoms with Crippen LogP contribution in [0.15, 0.2) is 0 Å². The molecule has 0 bridgehead atoms. The Balaban J connectivity index is 3.42. The molecule has 0 aromatic carbocycles. The van der Waals surface area contributed by atoms with E-state index in [0.29, 0.717) is 6.61 Å². The van der Waals surface area contributed by atoms with Gasteiger partial charge in [-0.2, -0.15) is 0 Å². The minimum atomic E-state index is -0.683. The molecule has 0 rings (SSSR count). The van der Waals surface area contributed by atoms with E-state index < -0.39 is 5.60 Å². The van der Waals surface area contributed by atoms with Gasteiger partial charge in [0.15, 0.2) is 0 Å². The lowest BCUT2D eigenvalue weighted by Gasteiger charge is -2.21. The van der Waals surface area contributed by atoms with E-state index in [9.17, 15) is 5.11 Å². The van der Waals surface area contributed by atoms with Gasteiger partial charge in [-0.3, -0.25) is 0 Å². The second-order valence-corrected chi connectivity index (χ2v) is 2.78. The molecule has 0 heterocycles. The van der Waals surface area contributed by atoms with E-state index in [1.165, 1.54) is 0 Å². The number of ether oxygens (including phenoxy) is 1. The zero-order valence-electron chi connectivity index (χ0n) is 6.98. The normalized spacial score (nSPS) is 16.8. The first kappa shape index (κ1) is 9.88. The third kappa shape index (κ3) is 4.73. The molecule has 0 radical (unpaired) electrons. The van der Waals surface area contributed by atoms with E-state index in [-0.39, 0.29) is 0 Å². The summed E-state index contributed by atoms with van der Waals surface area (Å²) in [5, 5.41) is 12.4. The molecular formula is C7H17NO2. The van der Waals surface area contributed by atoms with E-state index in [1.54, 1.807) is 14.0 Å². The molecule has 0 amide bonds. The van der Waals surface area contributed by atoms with Gasteiger partial charge in [-0.15, -0.1) is 0 Å². The van der Waals surface area contributed by atoms with Crippen LogP contribution in [0.4, 0.5) is 0 Å². The molecule has 3 nitrogen and oxygen atoms in total. The molecule has 0 saturated carbocycles. The summed E-state index contributed by atoms with van der Waals surface area (Å²) in [6.45, 7) is 2.99. The molecular weight excluding hydrogens is 130 g/mol. The van der Waals surface area contributed by atoms with Crippen LogP contribution in [0, 0.1) is 0 Å². The largest absolute Gasteiger partial charge is 0.388 e. The molecule has 0 aromatic rings. The molecule has 1 unspecified atom stereocenters. The SMILES string of the molecule is CNCCC(C)(O)COC. The maximum atomic E-state index is 9.48. The second-order valence-electron chi connectivity index (χ2n) is 2.78. The lowest BCUT2D eigenvalue weighted by atomic mass is 10.0. The third-order valence-corrected chi connectivity index (χ3v) is 1.37. The number of hydrogen-bond donors (Lipinski definition) is 2. The van der Waals surface area contributed by atoms with Crippen molar-refractivity contribution in [3.63, 3.8) is 0 Å². The first-order valence-electron chi connectivity index (χ1n) is 3.48. The van der Waals surface area contributed by atoms with E-state index in [4.69, 9.17) is 4.74 Å². The summed E-state index contributed by atoms with van der Waals surface area (Å²) in [6, 6.07) is 0. The summed E-state index contributed by atoms with van der Waals surface area (Å²) in [7, 11) is 3.46. The average Bonchev–Trinajstić information content (AvgIpc) is 1.84. The Morgan fingerprint density at radius 3 is 2.60 bits per heavy atom. The fourth-order valence-corrected chi connectivity index (χ4v) is 0.777. The monoisotopic (exact) mass is 147 g/mol. The van der Waals surface area contributed by atoms with Crippen molar-refractivity contribution < 1.29 is 9.84 Å². The van der Waals surface area contributed by atoms with E-state index in [2.05, 4.69) is 5.32 Å². The smallest absolute Gasteiger partial charge is 0.0864 e. The zero-order chi connectivity index (χ0) is 8.04. The quantitative estimate of drug-likeness (QED) is 0.575.